The van der Waals surface area contributed by atoms with Gasteiger partial charge in [-0.25, -0.2) is 4.39 Å². The molecule has 0 bridgehead atoms. The third-order valence-corrected chi connectivity index (χ3v) is 4.35. The molecule has 0 saturated heterocycles. The van der Waals surface area contributed by atoms with Gasteiger partial charge in [0.05, 0.1) is 11.3 Å². The molecule has 0 aliphatic heterocycles. The number of anilines is 1. The molecule has 0 aliphatic rings. The van der Waals surface area contributed by atoms with Crippen LogP contribution in [0.3, 0.4) is 0 Å². The second-order valence-corrected chi connectivity index (χ2v) is 6.53. The van der Waals surface area contributed by atoms with Crippen LogP contribution in [0, 0.1) is 17.1 Å². The molecule has 0 saturated carbocycles. The van der Waals surface area contributed by atoms with Crippen LogP contribution in [0.5, 0.6) is 0 Å². The Kier molecular flexibility index (Phi) is 5.66. The lowest BCUT2D eigenvalue weighted by Gasteiger charge is -2.12. The van der Waals surface area contributed by atoms with Crippen molar-refractivity contribution in [3.8, 4) is 6.07 Å². The summed E-state index contributed by atoms with van der Waals surface area (Å²) in [7, 11) is 0. The maximum atomic E-state index is 13.7. The second kappa shape index (κ2) is 7.48. The summed E-state index contributed by atoms with van der Waals surface area (Å²) in [5.41, 5.74) is 1.90. The molecule has 2 aromatic carbocycles. The molecule has 21 heavy (non-hydrogen) atoms. The van der Waals surface area contributed by atoms with Crippen molar-refractivity contribution >= 4 is 33.4 Å². The molecule has 0 spiro atoms. The van der Waals surface area contributed by atoms with Crippen molar-refractivity contribution in [3.63, 3.8) is 0 Å². The first-order valence-electron chi connectivity index (χ1n) is 6.49. The number of hydrogen-bond donors (Lipinski definition) is 1. The van der Waals surface area contributed by atoms with Crippen molar-refractivity contribution in [2.45, 2.75) is 18.4 Å². The third kappa shape index (κ3) is 3.99. The molecule has 0 atom stereocenters. The fourth-order valence-electron chi connectivity index (χ4n) is 1.94. The minimum atomic E-state index is -0.261. The number of thioether (sulfide) groups is 1. The lowest BCUT2D eigenvalue weighted by molar-refractivity contribution is 0.612. The standard InChI is InChI=1S/C16H14BrFN2S/c1-2-21-16-5-3-4-15(13(16)9-19)20-10-11-8-12(17)6-7-14(11)18/h3-8,20H,2,10H2,1H3. The SMILES string of the molecule is CCSc1cccc(NCc2cc(Br)ccc2F)c1C#N. The van der Waals surface area contributed by atoms with E-state index in [1.54, 1.807) is 23.9 Å². The number of benzene rings is 2. The smallest absolute Gasteiger partial charge is 0.128 e. The van der Waals surface area contributed by atoms with E-state index in [-0.39, 0.29) is 5.82 Å². The van der Waals surface area contributed by atoms with Crippen LogP contribution in [0.1, 0.15) is 18.1 Å². The average molecular weight is 365 g/mol. The maximum Gasteiger partial charge on any atom is 0.128 e. The van der Waals surface area contributed by atoms with Crippen molar-refractivity contribution in [3.05, 3.63) is 57.8 Å². The summed E-state index contributed by atoms with van der Waals surface area (Å²) in [6.07, 6.45) is 0. The van der Waals surface area contributed by atoms with Gasteiger partial charge in [0.1, 0.15) is 11.9 Å². The molecule has 0 aliphatic carbocycles. The summed E-state index contributed by atoms with van der Waals surface area (Å²) in [4.78, 5) is 0.944. The van der Waals surface area contributed by atoms with Gasteiger partial charge in [-0.1, -0.05) is 28.9 Å². The number of nitrogens with zero attached hydrogens (tertiary/aromatic N) is 1. The molecule has 2 nitrogen and oxygen atoms in total. The Morgan fingerprint density at radius 2 is 2.14 bits per heavy atom. The van der Waals surface area contributed by atoms with Crippen LogP contribution in [-0.2, 0) is 6.54 Å². The highest BCUT2D eigenvalue weighted by Gasteiger charge is 2.09. The Morgan fingerprint density at radius 1 is 1.33 bits per heavy atom. The molecule has 1 N–H and O–H groups in total. The highest BCUT2D eigenvalue weighted by Crippen LogP contribution is 2.28. The van der Waals surface area contributed by atoms with Crippen molar-refractivity contribution < 1.29 is 4.39 Å². The first kappa shape index (κ1) is 15.9. The van der Waals surface area contributed by atoms with E-state index >= 15 is 0 Å². The number of halogens is 2. The zero-order valence-electron chi connectivity index (χ0n) is 11.5. The van der Waals surface area contributed by atoms with Gasteiger partial charge in [-0.2, -0.15) is 5.26 Å². The van der Waals surface area contributed by atoms with Crippen LogP contribution in [0.4, 0.5) is 10.1 Å². The van der Waals surface area contributed by atoms with Crippen LogP contribution >= 0.6 is 27.7 Å². The molecule has 5 heteroatoms. The van der Waals surface area contributed by atoms with Gasteiger partial charge in [-0.05, 0) is 36.1 Å². The molecule has 0 unspecified atom stereocenters. The molecule has 2 rings (SSSR count). The Hall–Kier alpha value is -1.51. The topological polar surface area (TPSA) is 35.8 Å². The molecule has 0 heterocycles. The number of hydrogen-bond acceptors (Lipinski definition) is 3. The van der Waals surface area contributed by atoms with E-state index < -0.39 is 0 Å². The van der Waals surface area contributed by atoms with Crippen molar-refractivity contribution in [2.24, 2.45) is 0 Å². The first-order chi connectivity index (χ1) is 10.2. The maximum absolute atomic E-state index is 13.7. The molecule has 2 aromatic rings. The minimum Gasteiger partial charge on any atom is -0.380 e. The number of nitrogens with one attached hydrogen (secondary N) is 1. The summed E-state index contributed by atoms with van der Waals surface area (Å²) in [6.45, 7) is 2.38. The van der Waals surface area contributed by atoms with Gasteiger partial charge in [0, 0.05) is 21.5 Å². The molecule has 108 valence electrons. The monoisotopic (exact) mass is 364 g/mol. The Labute approximate surface area is 136 Å². The van der Waals surface area contributed by atoms with Gasteiger partial charge in [0.25, 0.3) is 0 Å². The minimum absolute atomic E-state index is 0.261. The van der Waals surface area contributed by atoms with E-state index in [0.717, 1.165) is 20.8 Å². The lowest BCUT2D eigenvalue weighted by Crippen LogP contribution is -2.04. The summed E-state index contributed by atoms with van der Waals surface area (Å²) >= 11 is 4.96. The summed E-state index contributed by atoms with van der Waals surface area (Å²) in [5.74, 6) is 0.640. The van der Waals surface area contributed by atoms with E-state index in [1.807, 2.05) is 25.1 Å². The Bertz CT molecular complexity index is 682. The van der Waals surface area contributed by atoms with Crippen LogP contribution in [0.2, 0.25) is 0 Å². The van der Waals surface area contributed by atoms with Gasteiger partial charge in [-0.15, -0.1) is 11.8 Å². The average Bonchev–Trinajstić information content (AvgIpc) is 2.48. The van der Waals surface area contributed by atoms with E-state index in [4.69, 9.17) is 0 Å². The van der Waals surface area contributed by atoms with Crippen LogP contribution in [0.15, 0.2) is 45.8 Å². The zero-order chi connectivity index (χ0) is 15.2. The van der Waals surface area contributed by atoms with Gasteiger partial charge >= 0.3 is 0 Å². The summed E-state index contributed by atoms with van der Waals surface area (Å²) in [6, 6.07) is 12.7. The van der Waals surface area contributed by atoms with Gasteiger partial charge in [0.2, 0.25) is 0 Å². The highest BCUT2D eigenvalue weighted by atomic mass is 79.9. The predicted molar refractivity (Wildman–Crippen MR) is 89.0 cm³/mol. The summed E-state index contributed by atoms with van der Waals surface area (Å²) < 4.78 is 14.6. The van der Waals surface area contributed by atoms with Crippen LogP contribution < -0.4 is 5.32 Å². The van der Waals surface area contributed by atoms with Crippen molar-refractivity contribution in [2.75, 3.05) is 11.1 Å². The van der Waals surface area contributed by atoms with E-state index in [9.17, 15) is 9.65 Å². The molecule has 0 aromatic heterocycles. The second-order valence-electron chi connectivity index (χ2n) is 4.31. The van der Waals surface area contributed by atoms with Gasteiger partial charge < -0.3 is 5.32 Å². The van der Waals surface area contributed by atoms with E-state index in [0.29, 0.717) is 17.7 Å². The van der Waals surface area contributed by atoms with Gasteiger partial charge in [-0.3, -0.25) is 0 Å². The van der Waals surface area contributed by atoms with Crippen molar-refractivity contribution in [1.29, 1.82) is 5.26 Å². The molecular formula is C16H14BrFN2S. The predicted octanol–water partition coefficient (Wildman–Crippen LogP) is 5.18. The Morgan fingerprint density at radius 3 is 2.86 bits per heavy atom. The molecule has 0 amide bonds. The van der Waals surface area contributed by atoms with Crippen LogP contribution in [0.25, 0.3) is 0 Å². The van der Waals surface area contributed by atoms with Crippen molar-refractivity contribution in [1.82, 2.24) is 0 Å². The van der Waals surface area contributed by atoms with E-state index in [2.05, 4.69) is 27.3 Å². The Balaban J connectivity index is 2.22. The van der Waals surface area contributed by atoms with Gasteiger partial charge in [0.15, 0.2) is 0 Å². The zero-order valence-corrected chi connectivity index (χ0v) is 13.9. The molecular weight excluding hydrogens is 351 g/mol. The fourth-order valence-corrected chi connectivity index (χ4v) is 3.13. The highest BCUT2D eigenvalue weighted by molar-refractivity contribution is 9.10. The third-order valence-electron chi connectivity index (χ3n) is 2.91. The first-order valence-corrected chi connectivity index (χ1v) is 8.27. The quantitative estimate of drug-likeness (QED) is 0.742. The van der Waals surface area contributed by atoms with E-state index in [1.165, 1.54) is 6.07 Å². The number of nitriles is 1. The molecule has 0 fully saturated rings. The van der Waals surface area contributed by atoms with Crippen LogP contribution in [-0.4, -0.2) is 5.75 Å². The molecule has 0 radical (unpaired) electrons. The lowest BCUT2D eigenvalue weighted by atomic mass is 10.1. The summed E-state index contributed by atoms with van der Waals surface area (Å²) in [5, 5.41) is 12.5. The largest absolute Gasteiger partial charge is 0.380 e. The fraction of sp³-hybridized carbons (Fsp3) is 0.188. The number of rotatable bonds is 5. The normalized spacial score (nSPS) is 10.2.